The van der Waals surface area contributed by atoms with Crippen LogP contribution in [0.25, 0.3) is 0 Å². The minimum absolute atomic E-state index is 0.0129. The van der Waals surface area contributed by atoms with Crippen molar-refractivity contribution in [1.29, 1.82) is 0 Å². The molecule has 0 bridgehead atoms. The number of esters is 1. The van der Waals surface area contributed by atoms with Gasteiger partial charge >= 0.3 is 5.97 Å². The summed E-state index contributed by atoms with van der Waals surface area (Å²) in [5.74, 6) is -0.840. The molecule has 8 heteroatoms. The summed E-state index contributed by atoms with van der Waals surface area (Å²) in [6, 6.07) is 12.1. The van der Waals surface area contributed by atoms with Crippen LogP contribution in [-0.2, 0) is 14.8 Å². The Hall–Kier alpha value is -2.71. The standard InChI is InChI=1S/C21H24N2O5S/c1-28-21(25)16-9-7-15(8-10-16)20(24)22-17-11-13-19(14-12-17)29(26,27)23-18-5-3-2-4-6-18/h7-14,18,23H,2-6H2,1H3,(H,22,24). The van der Waals surface area contributed by atoms with Gasteiger partial charge in [-0.05, 0) is 61.4 Å². The van der Waals surface area contributed by atoms with Crippen LogP contribution >= 0.6 is 0 Å². The fourth-order valence-electron chi connectivity index (χ4n) is 3.30. The highest BCUT2D eigenvalue weighted by Crippen LogP contribution is 2.21. The van der Waals surface area contributed by atoms with Crippen molar-refractivity contribution in [1.82, 2.24) is 4.72 Å². The van der Waals surface area contributed by atoms with E-state index in [1.807, 2.05) is 0 Å². The maximum atomic E-state index is 12.5. The number of benzene rings is 2. The Kier molecular flexibility index (Phi) is 6.66. The molecule has 0 spiro atoms. The maximum absolute atomic E-state index is 12.5. The van der Waals surface area contributed by atoms with E-state index < -0.39 is 16.0 Å². The molecule has 1 amide bonds. The van der Waals surface area contributed by atoms with Crippen LogP contribution in [-0.4, -0.2) is 33.4 Å². The first-order chi connectivity index (χ1) is 13.9. The third-order valence-electron chi connectivity index (χ3n) is 4.92. The van der Waals surface area contributed by atoms with Crippen LogP contribution in [0, 0.1) is 0 Å². The topological polar surface area (TPSA) is 102 Å². The van der Waals surface area contributed by atoms with Gasteiger partial charge in [0.1, 0.15) is 0 Å². The molecule has 2 aromatic carbocycles. The number of carbonyl (C=O) groups is 2. The summed E-state index contributed by atoms with van der Waals surface area (Å²) < 4.78 is 32.5. The van der Waals surface area contributed by atoms with E-state index in [0.717, 1.165) is 32.1 Å². The van der Waals surface area contributed by atoms with Crippen molar-refractivity contribution in [2.75, 3.05) is 12.4 Å². The Morgan fingerprint density at radius 3 is 2.07 bits per heavy atom. The van der Waals surface area contributed by atoms with E-state index in [1.54, 1.807) is 12.1 Å². The Morgan fingerprint density at radius 1 is 0.897 bits per heavy atom. The van der Waals surface area contributed by atoms with Gasteiger partial charge in [-0.3, -0.25) is 4.79 Å². The quantitative estimate of drug-likeness (QED) is 0.704. The summed E-state index contributed by atoms with van der Waals surface area (Å²) in [5.41, 5.74) is 1.20. The second-order valence-corrected chi connectivity index (χ2v) is 8.72. The number of ether oxygens (including phenoxy) is 1. The molecule has 0 aromatic heterocycles. The number of amides is 1. The second kappa shape index (κ2) is 9.19. The molecule has 1 saturated carbocycles. The number of rotatable bonds is 6. The predicted molar refractivity (Wildman–Crippen MR) is 109 cm³/mol. The van der Waals surface area contributed by atoms with Gasteiger partial charge in [-0.1, -0.05) is 19.3 Å². The number of sulfonamides is 1. The molecule has 1 fully saturated rings. The highest BCUT2D eigenvalue weighted by molar-refractivity contribution is 7.89. The molecule has 1 aliphatic carbocycles. The molecule has 0 saturated heterocycles. The Morgan fingerprint density at radius 2 is 1.48 bits per heavy atom. The SMILES string of the molecule is COC(=O)c1ccc(C(=O)Nc2ccc(S(=O)(=O)NC3CCCCC3)cc2)cc1. The summed E-state index contributed by atoms with van der Waals surface area (Å²) in [4.78, 5) is 24.0. The van der Waals surface area contributed by atoms with Crippen LogP contribution in [0.4, 0.5) is 5.69 Å². The minimum Gasteiger partial charge on any atom is -0.465 e. The van der Waals surface area contributed by atoms with Crippen molar-refractivity contribution in [2.24, 2.45) is 0 Å². The lowest BCUT2D eigenvalue weighted by molar-refractivity contribution is 0.0600. The lowest BCUT2D eigenvalue weighted by Crippen LogP contribution is -2.36. The predicted octanol–water partition coefficient (Wildman–Crippen LogP) is 3.34. The minimum atomic E-state index is -3.58. The number of nitrogens with one attached hydrogen (secondary N) is 2. The van der Waals surface area contributed by atoms with E-state index in [-0.39, 0.29) is 16.8 Å². The van der Waals surface area contributed by atoms with Crippen molar-refractivity contribution < 1.29 is 22.7 Å². The zero-order chi connectivity index (χ0) is 20.9. The zero-order valence-corrected chi connectivity index (χ0v) is 17.0. The molecular formula is C21H24N2O5S. The number of carbonyl (C=O) groups excluding carboxylic acids is 2. The highest BCUT2D eigenvalue weighted by atomic mass is 32.2. The van der Waals surface area contributed by atoms with Crippen LogP contribution in [0.2, 0.25) is 0 Å². The van der Waals surface area contributed by atoms with E-state index in [4.69, 9.17) is 0 Å². The Bertz CT molecular complexity index is 963. The van der Waals surface area contributed by atoms with Gasteiger partial charge in [0, 0.05) is 17.3 Å². The number of hydrogen-bond acceptors (Lipinski definition) is 5. The van der Waals surface area contributed by atoms with Crippen molar-refractivity contribution >= 4 is 27.6 Å². The first kappa shape index (κ1) is 21.0. The van der Waals surface area contributed by atoms with Gasteiger partial charge < -0.3 is 10.1 Å². The van der Waals surface area contributed by atoms with Crippen LogP contribution in [0.3, 0.4) is 0 Å². The van der Waals surface area contributed by atoms with Crippen molar-refractivity contribution in [3.05, 3.63) is 59.7 Å². The molecule has 2 N–H and O–H groups in total. The average Bonchev–Trinajstić information content (AvgIpc) is 2.74. The Balaban J connectivity index is 1.63. The van der Waals surface area contributed by atoms with E-state index in [0.29, 0.717) is 16.8 Å². The fourth-order valence-corrected chi connectivity index (χ4v) is 4.61. The third-order valence-corrected chi connectivity index (χ3v) is 6.45. The molecular weight excluding hydrogens is 392 g/mol. The molecule has 3 rings (SSSR count). The van der Waals surface area contributed by atoms with Crippen LogP contribution in [0.5, 0.6) is 0 Å². The molecule has 0 heterocycles. The second-order valence-electron chi connectivity index (χ2n) is 7.00. The fraction of sp³-hybridized carbons (Fsp3) is 0.333. The van der Waals surface area contributed by atoms with Gasteiger partial charge in [0.2, 0.25) is 10.0 Å². The average molecular weight is 416 g/mol. The molecule has 154 valence electrons. The van der Waals surface area contributed by atoms with Crippen LogP contribution in [0.15, 0.2) is 53.4 Å². The lowest BCUT2D eigenvalue weighted by Gasteiger charge is -2.22. The van der Waals surface area contributed by atoms with E-state index in [1.165, 1.54) is 43.5 Å². The van der Waals surface area contributed by atoms with Gasteiger partial charge in [0.15, 0.2) is 0 Å². The van der Waals surface area contributed by atoms with Gasteiger partial charge in [-0.15, -0.1) is 0 Å². The Labute approximate surface area is 170 Å². The zero-order valence-electron chi connectivity index (χ0n) is 16.2. The highest BCUT2D eigenvalue weighted by Gasteiger charge is 2.21. The summed E-state index contributed by atoms with van der Waals surface area (Å²) in [5, 5.41) is 2.71. The molecule has 0 aliphatic heterocycles. The van der Waals surface area contributed by atoms with Crippen molar-refractivity contribution in [3.63, 3.8) is 0 Å². The molecule has 0 unspecified atom stereocenters. The van der Waals surface area contributed by atoms with E-state index >= 15 is 0 Å². The largest absolute Gasteiger partial charge is 0.465 e. The number of methoxy groups -OCH3 is 1. The van der Waals surface area contributed by atoms with Crippen LogP contribution < -0.4 is 10.0 Å². The molecule has 29 heavy (non-hydrogen) atoms. The number of anilines is 1. The monoisotopic (exact) mass is 416 g/mol. The summed E-state index contributed by atoms with van der Waals surface area (Å²) >= 11 is 0. The molecule has 7 nitrogen and oxygen atoms in total. The molecule has 0 radical (unpaired) electrons. The van der Waals surface area contributed by atoms with Gasteiger partial charge in [0.05, 0.1) is 17.6 Å². The van der Waals surface area contributed by atoms with Gasteiger partial charge in [0.25, 0.3) is 5.91 Å². The number of hydrogen-bond donors (Lipinski definition) is 2. The first-order valence-electron chi connectivity index (χ1n) is 9.51. The van der Waals surface area contributed by atoms with Crippen molar-refractivity contribution in [2.45, 2.75) is 43.0 Å². The maximum Gasteiger partial charge on any atom is 0.337 e. The third kappa shape index (κ3) is 5.42. The first-order valence-corrected chi connectivity index (χ1v) is 11.0. The smallest absolute Gasteiger partial charge is 0.337 e. The summed E-state index contributed by atoms with van der Waals surface area (Å²) in [6.45, 7) is 0. The summed E-state index contributed by atoms with van der Waals surface area (Å²) in [6.07, 6.45) is 4.96. The normalized spacial score (nSPS) is 14.9. The molecule has 1 aliphatic rings. The van der Waals surface area contributed by atoms with Gasteiger partial charge in [-0.25, -0.2) is 17.9 Å². The lowest BCUT2D eigenvalue weighted by atomic mass is 9.96. The van der Waals surface area contributed by atoms with Crippen molar-refractivity contribution in [3.8, 4) is 0 Å². The van der Waals surface area contributed by atoms with E-state index in [2.05, 4.69) is 14.8 Å². The molecule has 0 atom stereocenters. The van der Waals surface area contributed by atoms with Crippen LogP contribution in [0.1, 0.15) is 52.8 Å². The van der Waals surface area contributed by atoms with Gasteiger partial charge in [-0.2, -0.15) is 0 Å². The molecule has 2 aromatic rings. The van der Waals surface area contributed by atoms with E-state index in [9.17, 15) is 18.0 Å². The summed E-state index contributed by atoms with van der Waals surface area (Å²) in [7, 11) is -2.29.